The monoisotopic (exact) mass is 296 g/mol. The van der Waals surface area contributed by atoms with Crippen molar-refractivity contribution in [3.8, 4) is 0 Å². The molecule has 1 heterocycles. The zero-order valence-electron chi connectivity index (χ0n) is 10.9. The van der Waals surface area contributed by atoms with Gasteiger partial charge in [-0.15, -0.1) is 11.3 Å². The lowest BCUT2D eigenvalue weighted by molar-refractivity contribution is 0.597. The molecule has 0 amide bonds. The highest BCUT2D eigenvalue weighted by Crippen LogP contribution is 2.17. The number of aromatic nitrogens is 1. The third-order valence-corrected chi connectivity index (χ3v) is 5.39. The number of nitrogens with zero attached hydrogens (tertiary/aromatic N) is 1. The van der Waals surface area contributed by atoms with Crippen LogP contribution in [0, 0.1) is 6.92 Å². The van der Waals surface area contributed by atoms with Gasteiger partial charge in [0, 0.05) is 16.8 Å². The Balaban J connectivity index is 2.03. The van der Waals surface area contributed by atoms with Gasteiger partial charge in [0.05, 0.1) is 22.2 Å². The summed E-state index contributed by atoms with van der Waals surface area (Å²) >= 11 is 1.65. The number of hydrogen-bond donors (Lipinski definition) is 1. The average Bonchev–Trinajstić information content (AvgIpc) is 2.83. The SMILES string of the molecule is CCS(=O)(=O)c1ccc(NCc2cnc(C)s2)cc1. The second-order valence-electron chi connectivity index (χ2n) is 4.13. The third-order valence-electron chi connectivity index (χ3n) is 2.73. The Morgan fingerprint density at radius 3 is 2.47 bits per heavy atom. The second-order valence-corrected chi connectivity index (χ2v) is 7.72. The van der Waals surface area contributed by atoms with Crippen LogP contribution in [0.15, 0.2) is 35.4 Å². The summed E-state index contributed by atoms with van der Waals surface area (Å²) in [6.45, 7) is 4.32. The maximum Gasteiger partial charge on any atom is 0.178 e. The highest BCUT2D eigenvalue weighted by atomic mass is 32.2. The summed E-state index contributed by atoms with van der Waals surface area (Å²) in [6, 6.07) is 6.85. The molecule has 1 aromatic heterocycles. The van der Waals surface area contributed by atoms with Gasteiger partial charge in [-0.1, -0.05) is 6.92 Å². The first-order chi connectivity index (χ1) is 9.01. The van der Waals surface area contributed by atoms with Crippen molar-refractivity contribution in [3.63, 3.8) is 0 Å². The quantitative estimate of drug-likeness (QED) is 0.921. The topological polar surface area (TPSA) is 59.1 Å². The summed E-state index contributed by atoms with van der Waals surface area (Å²) in [4.78, 5) is 5.71. The van der Waals surface area contributed by atoms with E-state index in [9.17, 15) is 8.42 Å². The van der Waals surface area contributed by atoms with E-state index >= 15 is 0 Å². The van der Waals surface area contributed by atoms with Gasteiger partial charge in [0.2, 0.25) is 0 Å². The minimum Gasteiger partial charge on any atom is -0.380 e. The Labute approximate surface area is 117 Å². The van der Waals surface area contributed by atoms with Crippen molar-refractivity contribution in [2.75, 3.05) is 11.1 Å². The van der Waals surface area contributed by atoms with E-state index in [-0.39, 0.29) is 5.75 Å². The van der Waals surface area contributed by atoms with Gasteiger partial charge >= 0.3 is 0 Å². The highest BCUT2D eigenvalue weighted by molar-refractivity contribution is 7.91. The molecule has 0 saturated carbocycles. The molecule has 6 heteroatoms. The minimum absolute atomic E-state index is 0.125. The van der Waals surface area contributed by atoms with Gasteiger partial charge in [-0.3, -0.25) is 0 Å². The lowest BCUT2D eigenvalue weighted by Gasteiger charge is -2.06. The summed E-state index contributed by atoms with van der Waals surface area (Å²) in [6.07, 6.45) is 1.85. The van der Waals surface area contributed by atoms with Crippen LogP contribution < -0.4 is 5.32 Å². The standard InChI is InChI=1S/C13H16N2O2S2/c1-3-19(16,17)13-6-4-11(5-7-13)15-9-12-8-14-10(2)18-12/h4-8,15H,3,9H2,1-2H3. The van der Waals surface area contributed by atoms with E-state index in [0.717, 1.165) is 15.6 Å². The number of anilines is 1. The van der Waals surface area contributed by atoms with Gasteiger partial charge < -0.3 is 5.32 Å². The molecule has 2 rings (SSSR count). The molecule has 1 N–H and O–H groups in total. The Kier molecular flexibility index (Phi) is 4.21. The molecule has 0 bridgehead atoms. The van der Waals surface area contributed by atoms with Gasteiger partial charge in [0.1, 0.15) is 0 Å². The van der Waals surface area contributed by atoms with Crippen LogP contribution in [0.3, 0.4) is 0 Å². The van der Waals surface area contributed by atoms with E-state index < -0.39 is 9.84 Å². The van der Waals surface area contributed by atoms with Gasteiger partial charge in [0.15, 0.2) is 9.84 Å². The van der Waals surface area contributed by atoms with E-state index in [1.165, 1.54) is 0 Å². The van der Waals surface area contributed by atoms with Crippen molar-refractivity contribution in [1.82, 2.24) is 4.98 Å². The summed E-state index contributed by atoms with van der Waals surface area (Å²) < 4.78 is 23.3. The summed E-state index contributed by atoms with van der Waals surface area (Å²) in [5.74, 6) is 0.125. The Morgan fingerprint density at radius 2 is 1.95 bits per heavy atom. The van der Waals surface area contributed by atoms with Gasteiger partial charge in [0.25, 0.3) is 0 Å². The summed E-state index contributed by atoms with van der Waals surface area (Å²) in [5.41, 5.74) is 0.904. The summed E-state index contributed by atoms with van der Waals surface area (Å²) in [5, 5.41) is 4.29. The Hall–Kier alpha value is -1.40. The fraction of sp³-hybridized carbons (Fsp3) is 0.308. The minimum atomic E-state index is -3.11. The molecule has 1 aromatic carbocycles. The van der Waals surface area contributed by atoms with Crippen LogP contribution in [0.2, 0.25) is 0 Å². The predicted molar refractivity (Wildman–Crippen MR) is 78.3 cm³/mol. The lowest BCUT2D eigenvalue weighted by Crippen LogP contribution is -2.04. The molecule has 19 heavy (non-hydrogen) atoms. The molecule has 0 radical (unpaired) electrons. The van der Waals surface area contributed by atoms with Gasteiger partial charge in [-0.2, -0.15) is 0 Å². The molecule has 0 aliphatic carbocycles. The number of rotatable bonds is 5. The van der Waals surface area contributed by atoms with Crippen molar-refractivity contribution in [1.29, 1.82) is 0 Å². The molecule has 102 valence electrons. The van der Waals surface area contributed by atoms with Crippen LogP contribution in [0.1, 0.15) is 16.8 Å². The van der Waals surface area contributed by atoms with E-state index in [2.05, 4.69) is 10.3 Å². The molecule has 4 nitrogen and oxygen atoms in total. The van der Waals surface area contributed by atoms with Crippen LogP contribution in [0.5, 0.6) is 0 Å². The van der Waals surface area contributed by atoms with Crippen molar-refractivity contribution >= 4 is 26.9 Å². The molecular weight excluding hydrogens is 280 g/mol. The van der Waals surface area contributed by atoms with Crippen LogP contribution in [0.4, 0.5) is 5.69 Å². The van der Waals surface area contributed by atoms with Crippen molar-refractivity contribution in [3.05, 3.63) is 40.3 Å². The lowest BCUT2D eigenvalue weighted by atomic mass is 10.3. The largest absolute Gasteiger partial charge is 0.380 e. The third kappa shape index (κ3) is 3.54. The zero-order chi connectivity index (χ0) is 13.9. The number of hydrogen-bond acceptors (Lipinski definition) is 5. The first-order valence-electron chi connectivity index (χ1n) is 5.99. The van der Waals surface area contributed by atoms with E-state index in [4.69, 9.17) is 0 Å². The highest BCUT2D eigenvalue weighted by Gasteiger charge is 2.10. The van der Waals surface area contributed by atoms with Crippen LogP contribution in [-0.2, 0) is 16.4 Å². The maximum atomic E-state index is 11.7. The smallest absolute Gasteiger partial charge is 0.178 e. The molecule has 0 saturated heterocycles. The molecule has 0 atom stereocenters. The fourth-order valence-corrected chi connectivity index (χ4v) is 3.24. The van der Waals surface area contributed by atoms with Crippen LogP contribution in [0.25, 0.3) is 0 Å². The number of aryl methyl sites for hydroxylation is 1. The van der Waals surface area contributed by atoms with Crippen LogP contribution >= 0.6 is 11.3 Å². The fourth-order valence-electron chi connectivity index (χ4n) is 1.62. The van der Waals surface area contributed by atoms with Crippen molar-refractivity contribution in [2.24, 2.45) is 0 Å². The molecule has 0 fully saturated rings. The Morgan fingerprint density at radius 1 is 1.26 bits per heavy atom. The first kappa shape index (κ1) is 14.0. The van der Waals surface area contributed by atoms with E-state index in [1.54, 1.807) is 42.5 Å². The molecule has 0 unspecified atom stereocenters. The van der Waals surface area contributed by atoms with Gasteiger partial charge in [-0.25, -0.2) is 13.4 Å². The predicted octanol–water partition coefficient (Wildman–Crippen LogP) is 2.86. The normalized spacial score (nSPS) is 11.5. The average molecular weight is 296 g/mol. The first-order valence-corrected chi connectivity index (χ1v) is 8.46. The molecule has 0 spiro atoms. The van der Waals surface area contributed by atoms with Crippen LogP contribution in [-0.4, -0.2) is 19.2 Å². The summed E-state index contributed by atoms with van der Waals surface area (Å²) in [7, 11) is -3.11. The molecular formula is C13H16N2O2S2. The Bertz CT molecular complexity index is 646. The number of sulfone groups is 1. The number of nitrogens with one attached hydrogen (secondary N) is 1. The van der Waals surface area contributed by atoms with E-state index in [0.29, 0.717) is 11.4 Å². The van der Waals surface area contributed by atoms with E-state index in [1.807, 2.05) is 13.1 Å². The maximum absolute atomic E-state index is 11.7. The second kappa shape index (κ2) is 5.71. The molecule has 0 aliphatic heterocycles. The number of benzene rings is 1. The van der Waals surface area contributed by atoms with Gasteiger partial charge in [-0.05, 0) is 31.2 Å². The zero-order valence-corrected chi connectivity index (χ0v) is 12.5. The molecule has 2 aromatic rings. The number of thiazole rings is 1. The molecule has 0 aliphatic rings. The van der Waals surface area contributed by atoms with Crippen molar-refractivity contribution < 1.29 is 8.42 Å². The van der Waals surface area contributed by atoms with Crippen molar-refractivity contribution in [2.45, 2.75) is 25.3 Å².